The minimum atomic E-state index is 0.504. The summed E-state index contributed by atoms with van der Waals surface area (Å²) in [5, 5.41) is 5.21. The predicted octanol–water partition coefficient (Wildman–Crippen LogP) is 8.18. The Morgan fingerprint density at radius 1 is 0.381 bits per heavy atom. The van der Waals surface area contributed by atoms with Gasteiger partial charge in [-0.05, 0) is 40.6 Å². The molecule has 4 heterocycles. The second-order valence-electron chi connectivity index (χ2n) is 10.1. The Hall–Kier alpha value is -5.88. The van der Waals surface area contributed by atoms with Gasteiger partial charge in [0.2, 0.25) is 0 Å². The summed E-state index contributed by atoms with van der Waals surface area (Å²) in [7, 11) is 0. The quantitative estimate of drug-likeness (QED) is 0.225. The molecular formula is C36H22N6. The van der Waals surface area contributed by atoms with Gasteiger partial charge < -0.3 is 0 Å². The first-order valence-corrected chi connectivity index (χ1v) is 13.7. The van der Waals surface area contributed by atoms with Crippen LogP contribution >= 0.6 is 0 Å². The largest absolute Gasteiger partial charge is 0.256 e. The molecule has 0 aliphatic heterocycles. The Morgan fingerprint density at radius 2 is 0.905 bits per heavy atom. The maximum Gasteiger partial charge on any atom is 0.183 e. The fourth-order valence-electron chi connectivity index (χ4n) is 5.35. The molecule has 0 saturated carbocycles. The fourth-order valence-corrected chi connectivity index (χ4v) is 5.35. The lowest BCUT2D eigenvalue weighted by molar-refractivity contribution is 1.05. The van der Waals surface area contributed by atoms with Crippen molar-refractivity contribution in [2.45, 2.75) is 0 Å². The monoisotopic (exact) mass is 538 g/mol. The normalized spacial score (nSPS) is 11.3. The molecule has 4 aromatic carbocycles. The lowest BCUT2D eigenvalue weighted by Gasteiger charge is -2.11. The van der Waals surface area contributed by atoms with Crippen molar-refractivity contribution in [1.82, 2.24) is 29.9 Å². The smallest absolute Gasteiger partial charge is 0.183 e. The number of rotatable bonds is 4. The molecule has 6 heteroatoms. The molecule has 0 N–H and O–H groups in total. The van der Waals surface area contributed by atoms with Crippen LogP contribution < -0.4 is 0 Å². The molecule has 6 nitrogen and oxygen atoms in total. The first-order chi connectivity index (χ1) is 20.8. The molecule has 0 aliphatic carbocycles. The summed E-state index contributed by atoms with van der Waals surface area (Å²) in [6.45, 7) is 0. The Bertz CT molecular complexity index is 2150. The summed E-state index contributed by atoms with van der Waals surface area (Å²) in [6.07, 6.45) is 5.50. The SMILES string of the molecule is c1ccc2ncc(-c3ccc(-c4nc(-c5nccc6ccccc56)nc(-c5nccc6ccccc56)n4)cc3)cc2c1. The number of fused-ring (bicyclic) bond motifs is 3. The standard InChI is InChI=1S/C36H22N6/c1-4-10-29-24(7-1)17-19-37-32(29)35-40-34(41-36(42-35)33-30-11-5-2-8-25(30)18-20-38-33)26-15-13-23(14-16-26)28-21-27-9-3-6-12-31(27)39-22-28/h1-22H. The average molecular weight is 539 g/mol. The highest BCUT2D eigenvalue weighted by atomic mass is 15.1. The van der Waals surface area contributed by atoms with Crippen molar-refractivity contribution < 1.29 is 0 Å². The van der Waals surface area contributed by atoms with Gasteiger partial charge in [0.25, 0.3) is 0 Å². The van der Waals surface area contributed by atoms with Gasteiger partial charge in [-0.25, -0.2) is 15.0 Å². The number of pyridine rings is 3. The Labute approximate surface area is 241 Å². The van der Waals surface area contributed by atoms with Crippen LogP contribution in [-0.4, -0.2) is 29.9 Å². The molecule has 8 aromatic rings. The summed E-state index contributed by atoms with van der Waals surface area (Å²) in [4.78, 5) is 28.9. The van der Waals surface area contributed by atoms with Gasteiger partial charge in [0, 0.05) is 45.9 Å². The Morgan fingerprint density at radius 3 is 1.55 bits per heavy atom. The van der Waals surface area contributed by atoms with E-state index in [1.54, 1.807) is 12.4 Å². The number of hydrogen-bond acceptors (Lipinski definition) is 6. The molecule has 4 aromatic heterocycles. The van der Waals surface area contributed by atoms with Crippen molar-refractivity contribution in [3.05, 3.63) is 134 Å². The maximum atomic E-state index is 4.95. The molecule has 0 radical (unpaired) electrons. The first-order valence-electron chi connectivity index (χ1n) is 13.7. The molecule has 0 atom stereocenters. The van der Waals surface area contributed by atoms with Crippen molar-refractivity contribution in [1.29, 1.82) is 0 Å². The van der Waals surface area contributed by atoms with Crippen molar-refractivity contribution >= 4 is 32.4 Å². The van der Waals surface area contributed by atoms with Crippen molar-refractivity contribution in [3.8, 4) is 45.6 Å². The van der Waals surface area contributed by atoms with Gasteiger partial charge in [-0.2, -0.15) is 0 Å². The summed E-state index contributed by atoms with van der Waals surface area (Å²) in [5.74, 6) is 1.57. The second kappa shape index (κ2) is 9.94. The Balaban J connectivity index is 1.29. The molecule has 8 rings (SSSR count). The van der Waals surface area contributed by atoms with Crippen molar-refractivity contribution in [2.24, 2.45) is 0 Å². The molecular weight excluding hydrogens is 516 g/mol. The number of aromatic nitrogens is 6. The third-order valence-electron chi connectivity index (χ3n) is 7.47. The fraction of sp³-hybridized carbons (Fsp3) is 0. The van der Waals surface area contributed by atoms with Gasteiger partial charge in [0.05, 0.1) is 5.52 Å². The van der Waals surface area contributed by atoms with Gasteiger partial charge in [0.1, 0.15) is 11.4 Å². The lowest BCUT2D eigenvalue weighted by Crippen LogP contribution is -2.03. The lowest BCUT2D eigenvalue weighted by atomic mass is 10.0. The van der Waals surface area contributed by atoms with Crippen LogP contribution in [0.25, 0.3) is 78.0 Å². The zero-order valence-electron chi connectivity index (χ0n) is 22.4. The van der Waals surface area contributed by atoms with Crippen LogP contribution in [0.5, 0.6) is 0 Å². The van der Waals surface area contributed by atoms with Gasteiger partial charge in [-0.15, -0.1) is 0 Å². The van der Waals surface area contributed by atoms with E-state index in [1.807, 2.05) is 85.1 Å². The highest BCUT2D eigenvalue weighted by Crippen LogP contribution is 2.31. The molecule has 0 spiro atoms. The molecule has 0 unspecified atom stereocenters. The molecule has 42 heavy (non-hydrogen) atoms. The number of para-hydroxylation sites is 1. The average Bonchev–Trinajstić information content (AvgIpc) is 3.07. The molecule has 0 fully saturated rings. The number of benzene rings is 4. The van der Waals surface area contributed by atoms with Gasteiger partial charge in [-0.3, -0.25) is 15.0 Å². The summed E-state index contributed by atoms with van der Waals surface area (Å²) >= 11 is 0. The molecule has 196 valence electrons. The molecule has 0 bridgehead atoms. The number of hydrogen-bond donors (Lipinski definition) is 0. The van der Waals surface area contributed by atoms with E-state index in [0.29, 0.717) is 28.9 Å². The Kier molecular flexibility index (Phi) is 5.67. The van der Waals surface area contributed by atoms with Crippen LogP contribution in [0.3, 0.4) is 0 Å². The highest BCUT2D eigenvalue weighted by Gasteiger charge is 2.17. The predicted molar refractivity (Wildman–Crippen MR) is 167 cm³/mol. The maximum absolute atomic E-state index is 4.95. The van der Waals surface area contributed by atoms with E-state index in [2.05, 4.69) is 41.4 Å². The zero-order valence-corrected chi connectivity index (χ0v) is 22.4. The van der Waals surface area contributed by atoms with E-state index in [0.717, 1.165) is 49.1 Å². The third kappa shape index (κ3) is 4.22. The van der Waals surface area contributed by atoms with E-state index < -0.39 is 0 Å². The van der Waals surface area contributed by atoms with E-state index in [1.165, 1.54) is 0 Å². The molecule has 0 aliphatic rings. The minimum Gasteiger partial charge on any atom is -0.256 e. The van der Waals surface area contributed by atoms with E-state index >= 15 is 0 Å². The van der Waals surface area contributed by atoms with Gasteiger partial charge in [-0.1, -0.05) is 91.0 Å². The van der Waals surface area contributed by atoms with Crippen LogP contribution in [0.15, 0.2) is 134 Å². The highest BCUT2D eigenvalue weighted by molar-refractivity contribution is 5.95. The second-order valence-corrected chi connectivity index (χ2v) is 10.1. The van der Waals surface area contributed by atoms with Crippen LogP contribution in [0.1, 0.15) is 0 Å². The zero-order chi connectivity index (χ0) is 27.9. The van der Waals surface area contributed by atoms with Crippen LogP contribution in [0.2, 0.25) is 0 Å². The minimum absolute atomic E-state index is 0.504. The van der Waals surface area contributed by atoms with Crippen molar-refractivity contribution in [3.63, 3.8) is 0 Å². The molecule has 0 saturated heterocycles. The third-order valence-corrected chi connectivity index (χ3v) is 7.47. The van der Waals surface area contributed by atoms with Crippen molar-refractivity contribution in [2.75, 3.05) is 0 Å². The van der Waals surface area contributed by atoms with Crippen LogP contribution in [0.4, 0.5) is 0 Å². The summed E-state index contributed by atoms with van der Waals surface area (Å²) in [6, 6.07) is 38.8. The first kappa shape index (κ1) is 24.0. The van der Waals surface area contributed by atoms with Crippen LogP contribution in [0, 0.1) is 0 Å². The number of nitrogens with zero attached hydrogens (tertiary/aromatic N) is 6. The van der Waals surface area contributed by atoms with E-state index in [9.17, 15) is 0 Å². The van der Waals surface area contributed by atoms with Crippen LogP contribution in [-0.2, 0) is 0 Å². The van der Waals surface area contributed by atoms with E-state index in [-0.39, 0.29) is 0 Å². The summed E-state index contributed by atoms with van der Waals surface area (Å²) < 4.78 is 0. The topological polar surface area (TPSA) is 77.3 Å². The summed E-state index contributed by atoms with van der Waals surface area (Å²) in [5.41, 5.74) is 5.38. The van der Waals surface area contributed by atoms with Gasteiger partial charge in [0.15, 0.2) is 17.5 Å². The van der Waals surface area contributed by atoms with E-state index in [4.69, 9.17) is 24.9 Å². The van der Waals surface area contributed by atoms with Gasteiger partial charge >= 0.3 is 0 Å². The molecule has 0 amide bonds.